The number of nitrogens with zero attached hydrogens (tertiary/aromatic N) is 4. The molecule has 0 bridgehead atoms. The van der Waals surface area contributed by atoms with Crippen LogP contribution < -0.4 is 4.90 Å². The Kier molecular flexibility index (Phi) is 5.64. The molecule has 1 unspecified atom stereocenters. The van der Waals surface area contributed by atoms with Gasteiger partial charge in [-0.3, -0.25) is 9.78 Å². The number of hydrogen-bond donors (Lipinski definition) is 0. The number of benzene rings is 1. The second-order valence-corrected chi connectivity index (χ2v) is 6.89. The van der Waals surface area contributed by atoms with E-state index in [9.17, 15) is 4.79 Å². The molecule has 0 saturated carbocycles. The number of hydrogen-bond acceptors (Lipinski definition) is 4. The summed E-state index contributed by atoms with van der Waals surface area (Å²) in [6.45, 7) is 6.49. The molecule has 0 N–H and O–H groups in total. The van der Waals surface area contributed by atoms with E-state index in [1.807, 2.05) is 23.1 Å². The van der Waals surface area contributed by atoms with Crippen molar-refractivity contribution >= 4 is 11.7 Å². The zero-order valence-electron chi connectivity index (χ0n) is 15.0. The van der Waals surface area contributed by atoms with Gasteiger partial charge in [0.2, 0.25) is 5.91 Å². The van der Waals surface area contributed by atoms with Gasteiger partial charge in [-0.05, 0) is 32.3 Å². The highest BCUT2D eigenvalue weighted by Crippen LogP contribution is 2.24. The zero-order chi connectivity index (χ0) is 17.6. The van der Waals surface area contributed by atoms with Crippen LogP contribution in [0.5, 0.6) is 0 Å². The van der Waals surface area contributed by atoms with Gasteiger partial charge in [0, 0.05) is 38.1 Å². The summed E-state index contributed by atoms with van der Waals surface area (Å²) in [5.41, 5.74) is 1.17. The second-order valence-electron chi connectivity index (χ2n) is 6.89. The molecule has 1 aromatic heterocycles. The van der Waals surface area contributed by atoms with Crippen LogP contribution in [0.25, 0.3) is 0 Å². The fourth-order valence-corrected chi connectivity index (χ4v) is 3.37. The van der Waals surface area contributed by atoms with E-state index in [1.165, 1.54) is 5.56 Å². The van der Waals surface area contributed by atoms with Crippen LogP contribution in [0.15, 0.2) is 48.9 Å². The molecular weight excluding hydrogens is 312 g/mol. The molecule has 132 valence electrons. The number of amides is 1. The van der Waals surface area contributed by atoms with Crippen LogP contribution in [0.4, 0.5) is 5.82 Å². The van der Waals surface area contributed by atoms with Gasteiger partial charge < -0.3 is 9.80 Å². The third-order valence-electron chi connectivity index (χ3n) is 4.75. The monoisotopic (exact) mass is 338 g/mol. The molecule has 5 heteroatoms. The standard InChI is InChI=1S/C20H26N4O/c1-16(2)24(14-17-7-4-3-5-8-17)20(25)18-9-6-12-23(15-18)19-13-21-10-11-22-19/h3-5,7-8,10-11,13,16,18H,6,9,12,14-15H2,1-2H3. The molecule has 1 aliphatic rings. The van der Waals surface area contributed by atoms with Gasteiger partial charge in [0.25, 0.3) is 0 Å². The molecule has 1 atom stereocenters. The van der Waals surface area contributed by atoms with Gasteiger partial charge in [0.05, 0.1) is 12.1 Å². The Morgan fingerprint density at radius 2 is 2.08 bits per heavy atom. The summed E-state index contributed by atoms with van der Waals surface area (Å²) in [6, 6.07) is 10.4. The average molecular weight is 338 g/mol. The SMILES string of the molecule is CC(C)N(Cc1ccccc1)C(=O)C1CCCN(c2cnccn2)C1. The third-order valence-corrected chi connectivity index (χ3v) is 4.75. The van der Waals surface area contributed by atoms with Crippen molar-refractivity contribution in [2.45, 2.75) is 39.3 Å². The lowest BCUT2D eigenvalue weighted by Crippen LogP contribution is -2.47. The summed E-state index contributed by atoms with van der Waals surface area (Å²) in [5.74, 6) is 1.12. The van der Waals surface area contributed by atoms with Crippen molar-refractivity contribution in [1.29, 1.82) is 0 Å². The van der Waals surface area contributed by atoms with Crippen LogP contribution in [0.2, 0.25) is 0 Å². The summed E-state index contributed by atoms with van der Waals surface area (Å²) in [6.07, 6.45) is 7.10. The number of carbonyl (C=O) groups excluding carboxylic acids is 1. The van der Waals surface area contributed by atoms with Crippen molar-refractivity contribution in [1.82, 2.24) is 14.9 Å². The van der Waals surface area contributed by atoms with Crippen LogP contribution in [-0.4, -0.2) is 39.9 Å². The Labute approximate surface area is 149 Å². The Morgan fingerprint density at radius 1 is 1.28 bits per heavy atom. The summed E-state index contributed by atoms with van der Waals surface area (Å²) in [5, 5.41) is 0. The first-order valence-corrected chi connectivity index (χ1v) is 9.00. The highest BCUT2D eigenvalue weighted by Gasteiger charge is 2.31. The number of anilines is 1. The Hall–Kier alpha value is -2.43. The predicted octanol–water partition coefficient (Wildman–Crippen LogP) is 3.13. The average Bonchev–Trinajstić information content (AvgIpc) is 2.67. The predicted molar refractivity (Wildman–Crippen MR) is 99.1 cm³/mol. The molecule has 1 saturated heterocycles. The Morgan fingerprint density at radius 3 is 2.76 bits per heavy atom. The lowest BCUT2D eigenvalue weighted by Gasteiger charge is -2.37. The van der Waals surface area contributed by atoms with Crippen LogP contribution in [-0.2, 0) is 11.3 Å². The van der Waals surface area contributed by atoms with Crippen molar-refractivity contribution in [2.75, 3.05) is 18.0 Å². The number of piperidine rings is 1. The van der Waals surface area contributed by atoms with Gasteiger partial charge in [0.1, 0.15) is 5.82 Å². The highest BCUT2D eigenvalue weighted by atomic mass is 16.2. The van der Waals surface area contributed by atoms with E-state index in [4.69, 9.17) is 0 Å². The fraction of sp³-hybridized carbons (Fsp3) is 0.450. The fourth-order valence-electron chi connectivity index (χ4n) is 3.37. The number of carbonyl (C=O) groups is 1. The van der Waals surface area contributed by atoms with Gasteiger partial charge in [-0.2, -0.15) is 0 Å². The smallest absolute Gasteiger partial charge is 0.228 e. The van der Waals surface area contributed by atoms with Crippen LogP contribution in [0.1, 0.15) is 32.3 Å². The Bertz CT molecular complexity index is 675. The molecule has 1 aliphatic heterocycles. The van der Waals surface area contributed by atoms with Crippen molar-refractivity contribution in [3.05, 3.63) is 54.5 Å². The van der Waals surface area contributed by atoms with E-state index in [2.05, 4.69) is 40.8 Å². The third kappa shape index (κ3) is 4.35. The van der Waals surface area contributed by atoms with E-state index < -0.39 is 0 Å². The molecule has 5 nitrogen and oxygen atoms in total. The first-order valence-electron chi connectivity index (χ1n) is 9.00. The molecule has 0 aliphatic carbocycles. The molecular formula is C20H26N4O. The summed E-state index contributed by atoms with van der Waals surface area (Å²) in [7, 11) is 0. The van der Waals surface area contributed by atoms with Crippen LogP contribution in [0, 0.1) is 5.92 Å². The minimum Gasteiger partial charge on any atom is -0.355 e. The van der Waals surface area contributed by atoms with E-state index >= 15 is 0 Å². The molecule has 3 rings (SSSR count). The molecule has 0 spiro atoms. The Balaban J connectivity index is 1.71. The normalized spacial score (nSPS) is 17.6. The molecule has 1 amide bonds. The van der Waals surface area contributed by atoms with Crippen molar-refractivity contribution in [3.63, 3.8) is 0 Å². The van der Waals surface area contributed by atoms with Gasteiger partial charge in [-0.25, -0.2) is 4.98 Å². The summed E-state index contributed by atoms with van der Waals surface area (Å²) < 4.78 is 0. The summed E-state index contributed by atoms with van der Waals surface area (Å²) in [4.78, 5) is 25.9. The van der Waals surface area contributed by atoms with E-state index in [0.717, 1.165) is 31.7 Å². The van der Waals surface area contributed by atoms with Crippen LogP contribution >= 0.6 is 0 Å². The quantitative estimate of drug-likeness (QED) is 0.840. The first kappa shape index (κ1) is 17.4. The molecule has 2 aromatic rings. The van der Waals surface area contributed by atoms with Gasteiger partial charge in [-0.15, -0.1) is 0 Å². The lowest BCUT2D eigenvalue weighted by atomic mass is 9.95. The minimum absolute atomic E-state index is 0.0156. The summed E-state index contributed by atoms with van der Waals surface area (Å²) >= 11 is 0. The van der Waals surface area contributed by atoms with Crippen molar-refractivity contribution in [2.24, 2.45) is 5.92 Å². The molecule has 2 heterocycles. The van der Waals surface area contributed by atoms with E-state index in [0.29, 0.717) is 6.54 Å². The van der Waals surface area contributed by atoms with E-state index in [-0.39, 0.29) is 17.9 Å². The second kappa shape index (κ2) is 8.10. The number of aromatic nitrogens is 2. The van der Waals surface area contributed by atoms with Crippen molar-refractivity contribution < 1.29 is 4.79 Å². The number of rotatable bonds is 5. The first-order chi connectivity index (χ1) is 12.1. The topological polar surface area (TPSA) is 49.3 Å². The highest BCUT2D eigenvalue weighted by molar-refractivity contribution is 5.80. The lowest BCUT2D eigenvalue weighted by molar-refractivity contribution is -0.138. The molecule has 1 fully saturated rings. The molecule has 0 radical (unpaired) electrons. The van der Waals surface area contributed by atoms with Gasteiger partial charge in [-0.1, -0.05) is 30.3 Å². The maximum Gasteiger partial charge on any atom is 0.228 e. The van der Waals surface area contributed by atoms with E-state index in [1.54, 1.807) is 18.6 Å². The maximum atomic E-state index is 13.2. The van der Waals surface area contributed by atoms with Gasteiger partial charge >= 0.3 is 0 Å². The zero-order valence-corrected chi connectivity index (χ0v) is 15.0. The largest absolute Gasteiger partial charge is 0.355 e. The van der Waals surface area contributed by atoms with Gasteiger partial charge in [0.15, 0.2) is 0 Å². The van der Waals surface area contributed by atoms with Crippen molar-refractivity contribution in [3.8, 4) is 0 Å². The van der Waals surface area contributed by atoms with Crippen LogP contribution in [0.3, 0.4) is 0 Å². The molecule has 25 heavy (non-hydrogen) atoms. The minimum atomic E-state index is 0.0156. The molecule has 1 aromatic carbocycles. The maximum absolute atomic E-state index is 13.2.